The van der Waals surface area contributed by atoms with E-state index >= 15 is 0 Å². The fourth-order valence-corrected chi connectivity index (χ4v) is 0.902. The van der Waals surface area contributed by atoms with Gasteiger partial charge in [-0.25, -0.2) is 0 Å². The van der Waals surface area contributed by atoms with Gasteiger partial charge in [0.25, 0.3) is 0 Å². The zero-order valence-electron chi connectivity index (χ0n) is 7.58. The van der Waals surface area contributed by atoms with E-state index in [1.54, 1.807) is 0 Å². The number of hydrogen-bond donors (Lipinski definition) is 5. The summed E-state index contributed by atoms with van der Waals surface area (Å²) in [4.78, 5) is 10.4. The highest BCUT2D eigenvalue weighted by atomic mass is 16.4. The van der Waals surface area contributed by atoms with Crippen LogP contribution in [0.2, 0.25) is 0 Å². The molecule has 0 spiro atoms. The molecule has 0 radical (unpaired) electrons. The maximum Gasteiger partial charge on any atom is 0.320 e. The summed E-state index contributed by atoms with van der Waals surface area (Å²) in [6.07, 6.45) is 0.371. The second-order valence-electron chi connectivity index (χ2n) is 3.08. The minimum Gasteiger partial charge on any atom is -0.480 e. The van der Waals surface area contributed by atoms with Crippen LogP contribution in [0.1, 0.15) is 13.3 Å². The number of carboxylic acids is 1. The molecule has 0 amide bonds. The van der Waals surface area contributed by atoms with E-state index in [0.29, 0.717) is 13.0 Å². The van der Waals surface area contributed by atoms with Crippen molar-refractivity contribution in [1.82, 2.24) is 5.32 Å². The SMILES string of the molecule is C[C@@H](CNC(=N)N)C[C@H](N)C(=O)O. The molecule has 0 heterocycles. The number of nitrogens with one attached hydrogen (secondary N) is 2. The Balaban J connectivity index is 3.67. The molecule has 0 aliphatic heterocycles. The lowest BCUT2D eigenvalue weighted by Crippen LogP contribution is -2.37. The van der Waals surface area contributed by atoms with Gasteiger partial charge in [0.15, 0.2) is 5.96 Å². The van der Waals surface area contributed by atoms with Crippen LogP contribution in [0.15, 0.2) is 0 Å². The summed E-state index contributed by atoms with van der Waals surface area (Å²) in [5.74, 6) is -1.04. The van der Waals surface area contributed by atoms with Crippen LogP contribution >= 0.6 is 0 Å². The summed E-state index contributed by atoms with van der Waals surface area (Å²) in [6.45, 7) is 2.31. The Bertz CT molecular complexity index is 195. The van der Waals surface area contributed by atoms with Crippen LogP contribution in [0.25, 0.3) is 0 Å². The summed E-state index contributed by atoms with van der Waals surface area (Å²) < 4.78 is 0. The van der Waals surface area contributed by atoms with Crippen LogP contribution in [0, 0.1) is 11.3 Å². The van der Waals surface area contributed by atoms with Gasteiger partial charge in [-0.15, -0.1) is 0 Å². The molecule has 13 heavy (non-hydrogen) atoms. The summed E-state index contributed by atoms with van der Waals surface area (Å²) in [6, 6.07) is -0.844. The third-order valence-electron chi connectivity index (χ3n) is 1.61. The minimum absolute atomic E-state index is 0.0787. The first-order valence-corrected chi connectivity index (χ1v) is 3.99. The Morgan fingerprint density at radius 3 is 2.62 bits per heavy atom. The number of carbonyl (C=O) groups is 1. The Morgan fingerprint density at radius 1 is 1.69 bits per heavy atom. The first-order chi connectivity index (χ1) is 5.93. The van der Waals surface area contributed by atoms with Gasteiger partial charge < -0.3 is 21.9 Å². The minimum atomic E-state index is -1.00. The second-order valence-corrected chi connectivity index (χ2v) is 3.08. The number of guanidine groups is 1. The van der Waals surface area contributed by atoms with Crippen molar-refractivity contribution in [3.63, 3.8) is 0 Å². The molecule has 0 saturated heterocycles. The topological polar surface area (TPSA) is 125 Å². The van der Waals surface area contributed by atoms with Crippen LogP contribution in [-0.4, -0.2) is 29.6 Å². The van der Waals surface area contributed by atoms with E-state index in [9.17, 15) is 4.79 Å². The smallest absolute Gasteiger partial charge is 0.320 e. The van der Waals surface area contributed by atoms with Gasteiger partial charge in [-0.1, -0.05) is 6.92 Å². The van der Waals surface area contributed by atoms with E-state index in [0.717, 1.165) is 0 Å². The fraction of sp³-hybridized carbons (Fsp3) is 0.714. The lowest BCUT2D eigenvalue weighted by Gasteiger charge is -2.14. The Labute approximate surface area is 76.8 Å². The zero-order valence-corrected chi connectivity index (χ0v) is 7.58. The molecule has 6 heteroatoms. The van der Waals surface area contributed by atoms with Crippen molar-refractivity contribution in [3.8, 4) is 0 Å². The first kappa shape index (κ1) is 11.7. The molecular weight excluding hydrogens is 172 g/mol. The largest absolute Gasteiger partial charge is 0.480 e. The summed E-state index contributed by atoms with van der Waals surface area (Å²) in [5, 5.41) is 18.0. The van der Waals surface area contributed by atoms with E-state index in [4.69, 9.17) is 22.0 Å². The molecule has 0 aliphatic carbocycles. The van der Waals surface area contributed by atoms with Gasteiger partial charge in [0.05, 0.1) is 0 Å². The molecule has 2 atom stereocenters. The van der Waals surface area contributed by atoms with Gasteiger partial charge in [-0.3, -0.25) is 10.2 Å². The first-order valence-electron chi connectivity index (χ1n) is 3.99. The molecule has 0 aromatic heterocycles. The third-order valence-corrected chi connectivity index (χ3v) is 1.61. The summed E-state index contributed by atoms with van der Waals surface area (Å²) >= 11 is 0. The average Bonchev–Trinajstić information content (AvgIpc) is 2.00. The highest BCUT2D eigenvalue weighted by Crippen LogP contribution is 2.02. The van der Waals surface area contributed by atoms with E-state index in [2.05, 4.69) is 5.32 Å². The molecule has 0 bridgehead atoms. The van der Waals surface area contributed by atoms with Crippen LogP contribution in [0.3, 0.4) is 0 Å². The van der Waals surface area contributed by atoms with Crippen LogP contribution in [-0.2, 0) is 4.79 Å². The number of aliphatic carboxylic acids is 1. The molecule has 6 nitrogen and oxygen atoms in total. The van der Waals surface area contributed by atoms with E-state index in [1.165, 1.54) is 0 Å². The lowest BCUT2D eigenvalue weighted by atomic mass is 10.0. The summed E-state index contributed by atoms with van der Waals surface area (Å²) in [5.41, 5.74) is 10.4. The van der Waals surface area contributed by atoms with Crippen molar-refractivity contribution in [2.24, 2.45) is 17.4 Å². The predicted octanol–water partition coefficient (Wildman–Crippen LogP) is -1.09. The summed E-state index contributed by atoms with van der Waals surface area (Å²) in [7, 11) is 0. The highest BCUT2D eigenvalue weighted by Gasteiger charge is 2.15. The van der Waals surface area contributed by atoms with Gasteiger partial charge in [0, 0.05) is 6.54 Å². The van der Waals surface area contributed by atoms with Crippen LogP contribution in [0.5, 0.6) is 0 Å². The molecule has 7 N–H and O–H groups in total. The lowest BCUT2D eigenvalue weighted by molar-refractivity contribution is -0.138. The molecule has 0 unspecified atom stereocenters. The maximum atomic E-state index is 10.4. The van der Waals surface area contributed by atoms with Crippen molar-refractivity contribution < 1.29 is 9.90 Å². The predicted molar refractivity (Wildman–Crippen MR) is 49.3 cm³/mol. The Hall–Kier alpha value is -1.30. The van der Waals surface area contributed by atoms with E-state index in [1.807, 2.05) is 6.92 Å². The molecule has 0 saturated carbocycles. The average molecular weight is 188 g/mol. The monoisotopic (exact) mass is 188 g/mol. The number of carboxylic acid groups (broad SMARTS) is 1. The van der Waals surface area contributed by atoms with Crippen LogP contribution in [0.4, 0.5) is 0 Å². The molecular formula is C7H16N4O2. The van der Waals surface area contributed by atoms with Crippen LogP contribution < -0.4 is 16.8 Å². The quantitative estimate of drug-likeness (QED) is 0.277. The maximum absolute atomic E-state index is 10.4. The van der Waals surface area contributed by atoms with Crippen molar-refractivity contribution in [3.05, 3.63) is 0 Å². The fourth-order valence-electron chi connectivity index (χ4n) is 0.902. The second kappa shape index (κ2) is 5.36. The number of nitrogens with two attached hydrogens (primary N) is 2. The van der Waals surface area contributed by atoms with E-state index < -0.39 is 12.0 Å². The molecule has 76 valence electrons. The van der Waals surface area contributed by atoms with Gasteiger partial charge in [-0.05, 0) is 12.3 Å². The molecule has 0 fully saturated rings. The highest BCUT2D eigenvalue weighted by molar-refractivity contribution is 5.74. The van der Waals surface area contributed by atoms with Crippen molar-refractivity contribution in [2.45, 2.75) is 19.4 Å². The van der Waals surface area contributed by atoms with Gasteiger partial charge in [-0.2, -0.15) is 0 Å². The number of rotatable bonds is 5. The van der Waals surface area contributed by atoms with Crippen molar-refractivity contribution in [1.29, 1.82) is 5.41 Å². The standard InChI is InChI=1S/C7H16N4O2/c1-4(3-11-7(9)10)2-5(8)6(12)13/h4-5H,2-3,8H2,1H3,(H,12,13)(H4,9,10,11)/t4-,5+/m1/s1. The molecule has 0 aliphatic rings. The van der Waals surface area contributed by atoms with Gasteiger partial charge >= 0.3 is 5.97 Å². The Morgan fingerprint density at radius 2 is 2.23 bits per heavy atom. The third kappa shape index (κ3) is 5.92. The van der Waals surface area contributed by atoms with Crippen molar-refractivity contribution >= 4 is 11.9 Å². The van der Waals surface area contributed by atoms with Gasteiger partial charge in [0.1, 0.15) is 6.04 Å². The molecule has 0 aromatic rings. The normalized spacial score (nSPS) is 14.6. The molecule has 0 aromatic carbocycles. The zero-order chi connectivity index (χ0) is 10.4. The van der Waals surface area contributed by atoms with Gasteiger partial charge in [0.2, 0.25) is 0 Å². The van der Waals surface area contributed by atoms with E-state index in [-0.39, 0.29) is 11.9 Å². The van der Waals surface area contributed by atoms with Crippen molar-refractivity contribution in [2.75, 3.05) is 6.54 Å². The number of hydrogen-bond acceptors (Lipinski definition) is 3. The molecule has 0 rings (SSSR count). The Kier molecular flexibility index (Phi) is 4.83.